The Morgan fingerprint density at radius 1 is 1.31 bits per heavy atom. The summed E-state index contributed by atoms with van der Waals surface area (Å²) in [6, 6.07) is 4.48. The molecule has 0 aromatic carbocycles. The lowest BCUT2D eigenvalue weighted by molar-refractivity contribution is 0.281. The van der Waals surface area contributed by atoms with Crippen molar-refractivity contribution in [3.63, 3.8) is 0 Å². The highest BCUT2D eigenvalue weighted by Crippen LogP contribution is 2.38. The van der Waals surface area contributed by atoms with E-state index in [0.29, 0.717) is 18.9 Å². The maximum absolute atomic E-state index is 12.6. The summed E-state index contributed by atoms with van der Waals surface area (Å²) in [7, 11) is -1.09. The molecular weight excluding hydrogens is 350 g/mol. The number of fused-ring (bicyclic) bond motifs is 1. The van der Waals surface area contributed by atoms with Crippen LogP contribution < -0.4 is 4.90 Å². The lowest BCUT2D eigenvalue weighted by atomic mass is 9.81. The maximum Gasteiger partial charge on any atom is 0.153 e. The van der Waals surface area contributed by atoms with E-state index in [2.05, 4.69) is 25.9 Å². The number of aromatic nitrogens is 3. The van der Waals surface area contributed by atoms with Gasteiger partial charge in [-0.2, -0.15) is 5.26 Å². The van der Waals surface area contributed by atoms with Crippen molar-refractivity contribution in [1.82, 2.24) is 15.0 Å². The van der Waals surface area contributed by atoms with Crippen LogP contribution in [0.25, 0.3) is 11.0 Å². The Kier molecular flexibility index (Phi) is 4.35. The van der Waals surface area contributed by atoms with Crippen molar-refractivity contribution < 1.29 is 8.42 Å². The van der Waals surface area contributed by atoms with Gasteiger partial charge < -0.3 is 9.88 Å². The number of nitrogens with zero attached hydrogens (tertiary/aromatic N) is 4. The number of nitrogens with one attached hydrogen (secondary N) is 1. The third-order valence-corrected chi connectivity index (χ3v) is 8.35. The fraction of sp³-hybridized carbons (Fsp3) is 0.611. The van der Waals surface area contributed by atoms with Gasteiger partial charge in [-0.05, 0) is 44.1 Å². The van der Waals surface area contributed by atoms with E-state index in [-0.39, 0.29) is 22.8 Å². The fourth-order valence-electron chi connectivity index (χ4n) is 4.31. The molecule has 2 fully saturated rings. The van der Waals surface area contributed by atoms with Gasteiger partial charge in [0.2, 0.25) is 0 Å². The van der Waals surface area contributed by atoms with Crippen LogP contribution in [0.1, 0.15) is 32.1 Å². The van der Waals surface area contributed by atoms with E-state index in [1.807, 2.05) is 19.3 Å². The third kappa shape index (κ3) is 3.05. The number of H-pyrrole nitrogens is 1. The molecule has 1 unspecified atom stereocenters. The molecule has 2 aliphatic rings. The number of rotatable bonds is 5. The Bertz CT molecular complexity index is 942. The smallest absolute Gasteiger partial charge is 0.153 e. The van der Waals surface area contributed by atoms with Gasteiger partial charge in [0.25, 0.3) is 0 Å². The Balaban J connectivity index is 1.37. The van der Waals surface area contributed by atoms with Crippen molar-refractivity contribution in [1.29, 1.82) is 5.26 Å². The second-order valence-electron chi connectivity index (χ2n) is 7.63. The molecule has 138 valence electrons. The van der Waals surface area contributed by atoms with Crippen LogP contribution >= 0.6 is 0 Å². The molecule has 0 saturated heterocycles. The molecule has 0 amide bonds. The molecule has 26 heavy (non-hydrogen) atoms. The lowest BCUT2D eigenvalue weighted by Gasteiger charge is -2.42. The number of hydrogen-bond acceptors (Lipinski definition) is 6. The van der Waals surface area contributed by atoms with Gasteiger partial charge in [0, 0.05) is 25.2 Å². The molecule has 0 bridgehead atoms. The van der Waals surface area contributed by atoms with Crippen molar-refractivity contribution >= 4 is 26.7 Å². The summed E-state index contributed by atoms with van der Waals surface area (Å²) in [4.78, 5) is 13.9. The van der Waals surface area contributed by atoms with Crippen LogP contribution in [0, 0.1) is 23.2 Å². The summed E-state index contributed by atoms with van der Waals surface area (Å²) in [6.45, 7) is 0. The predicted octanol–water partition coefficient (Wildman–Crippen LogP) is 2.28. The van der Waals surface area contributed by atoms with Crippen LogP contribution in [0.15, 0.2) is 18.6 Å². The minimum absolute atomic E-state index is 0.0865. The molecule has 8 heteroatoms. The van der Waals surface area contributed by atoms with E-state index < -0.39 is 9.84 Å². The third-order valence-electron chi connectivity index (χ3n) is 5.97. The van der Waals surface area contributed by atoms with E-state index in [4.69, 9.17) is 5.26 Å². The first-order valence-electron chi connectivity index (χ1n) is 9.10. The number of hydrogen-bond donors (Lipinski definition) is 1. The van der Waals surface area contributed by atoms with Gasteiger partial charge in [0.1, 0.15) is 17.8 Å². The van der Waals surface area contributed by atoms with Gasteiger partial charge >= 0.3 is 0 Å². The number of aromatic amines is 1. The summed E-state index contributed by atoms with van der Waals surface area (Å²) in [5.41, 5.74) is 0.814. The molecule has 2 aromatic heterocycles. The van der Waals surface area contributed by atoms with Gasteiger partial charge in [0.15, 0.2) is 9.84 Å². The van der Waals surface area contributed by atoms with Crippen LogP contribution in [-0.2, 0) is 9.84 Å². The molecule has 2 aliphatic carbocycles. The Hall–Kier alpha value is -2.14. The molecule has 2 heterocycles. The predicted molar refractivity (Wildman–Crippen MR) is 99.3 cm³/mol. The number of sulfone groups is 1. The summed E-state index contributed by atoms with van der Waals surface area (Å²) in [5.74, 6) is 1.26. The molecular formula is C18H23N5O2S. The quantitative estimate of drug-likeness (QED) is 0.862. The van der Waals surface area contributed by atoms with Gasteiger partial charge in [0.05, 0.1) is 22.5 Å². The van der Waals surface area contributed by atoms with Crippen LogP contribution in [0.4, 0.5) is 5.82 Å². The SMILES string of the molecule is CN(c1ncnc2[nH]ccc12)C1CC(CS(=O)(=O)[C@@H]2CCC(C#N)C2)C1. The molecule has 7 nitrogen and oxygen atoms in total. The van der Waals surface area contributed by atoms with Gasteiger partial charge in [-0.1, -0.05) is 0 Å². The first-order chi connectivity index (χ1) is 12.5. The Morgan fingerprint density at radius 2 is 2.12 bits per heavy atom. The number of anilines is 1. The van der Waals surface area contributed by atoms with Crippen LogP contribution in [0.3, 0.4) is 0 Å². The summed E-state index contributed by atoms with van der Waals surface area (Å²) in [6.07, 6.45) is 7.00. The molecule has 0 aliphatic heterocycles. The van der Waals surface area contributed by atoms with E-state index in [1.165, 1.54) is 0 Å². The average molecular weight is 373 g/mol. The maximum atomic E-state index is 12.6. The first-order valence-corrected chi connectivity index (χ1v) is 10.8. The molecule has 2 saturated carbocycles. The highest BCUT2D eigenvalue weighted by Gasteiger charge is 2.40. The second kappa shape index (κ2) is 6.54. The molecule has 2 atom stereocenters. The second-order valence-corrected chi connectivity index (χ2v) is 9.96. The number of nitriles is 1. The Labute approximate surface area is 153 Å². The zero-order valence-corrected chi connectivity index (χ0v) is 15.6. The first kappa shape index (κ1) is 17.3. The average Bonchev–Trinajstić information content (AvgIpc) is 3.25. The molecule has 0 radical (unpaired) electrons. The summed E-state index contributed by atoms with van der Waals surface area (Å²) < 4.78 is 25.3. The largest absolute Gasteiger partial charge is 0.356 e. The monoisotopic (exact) mass is 373 g/mol. The molecule has 2 aromatic rings. The zero-order valence-electron chi connectivity index (χ0n) is 14.8. The minimum Gasteiger partial charge on any atom is -0.356 e. The Morgan fingerprint density at radius 3 is 2.85 bits per heavy atom. The fourth-order valence-corrected chi connectivity index (χ4v) is 6.54. The van der Waals surface area contributed by atoms with E-state index >= 15 is 0 Å². The van der Waals surface area contributed by atoms with Gasteiger partial charge in [-0.3, -0.25) is 0 Å². The minimum atomic E-state index is -3.10. The van der Waals surface area contributed by atoms with Crippen molar-refractivity contribution in [3.05, 3.63) is 18.6 Å². The molecule has 4 rings (SSSR count). The highest BCUT2D eigenvalue weighted by molar-refractivity contribution is 7.92. The topological polar surface area (TPSA) is 103 Å². The van der Waals surface area contributed by atoms with E-state index in [9.17, 15) is 8.42 Å². The van der Waals surface area contributed by atoms with Gasteiger partial charge in [-0.15, -0.1) is 0 Å². The normalized spacial score (nSPS) is 28.6. The van der Waals surface area contributed by atoms with Crippen LogP contribution in [-0.4, -0.2) is 47.5 Å². The zero-order chi connectivity index (χ0) is 18.3. The van der Waals surface area contributed by atoms with E-state index in [1.54, 1.807) is 6.33 Å². The molecule has 1 N–H and O–H groups in total. The van der Waals surface area contributed by atoms with Crippen molar-refractivity contribution in [2.45, 2.75) is 43.4 Å². The van der Waals surface area contributed by atoms with Crippen LogP contribution in [0.2, 0.25) is 0 Å². The lowest BCUT2D eigenvalue weighted by Crippen LogP contribution is -2.46. The standard InChI is InChI=1S/C18H23N5O2S/c1-23(18-16-4-5-20-17(16)21-11-22-18)14-6-13(7-14)10-26(24,25)15-3-2-12(8-15)9-19/h4-5,11-15H,2-3,6-8,10H2,1H3,(H,20,21,22)/t12?,13?,14?,15-/m1/s1. The van der Waals surface area contributed by atoms with Crippen molar-refractivity contribution in [2.75, 3.05) is 17.7 Å². The van der Waals surface area contributed by atoms with Crippen molar-refractivity contribution in [2.24, 2.45) is 11.8 Å². The molecule has 0 spiro atoms. The summed E-state index contributed by atoms with van der Waals surface area (Å²) >= 11 is 0. The van der Waals surface area contributed by atoms with E-state index in [0.717, 1.165) is 36.1 Å². The van der Waals surface area contributed by atoms with Crippen molar-refractivity contribution in [3.8, 4) is 6.07 Å². The van der Waals surface area contributed by atoms with Crippen LogP contribution in [0.5, 0.6) is 0 Å². The van der Waals surface area contributed by atoms with Gasteiger partial charge in [-0.25, -0.2) is 18.4 Å². The highest BCUT2D eigenvalue weighted by atomic mass is 32.2. The summed E-state index contributed by atoms with van der Waals surface area (Å²) in [5, 5.41) is 9.66.